The van der Waals surface area contributed by atoms with E-state index < -0.39 is 0 Å². The molecule has 1 N–H and O–H groups in total. The minimum atomic E-state index is 0.378. The number of hydrogen-bond acceptors (Lipinski definition) is 4. The van der Waals surface area contributed by atoms with Gasteiger partial charge in [0.25, 0.3) is 0 Å². The van der Waals surface area contributed by atoms with E-state index in [2.05, 4.69) is 34.0 Å². The minimum absolute atomic E-state index is 0.378. The highest BCUT2D eigenvalue weighted by molar-refractivity contribution is 7.11. The lowest BCUT2D eigenvalue weighted by atomic mass is 9.87. The smallest absolute Gasteiger partial charge is 0.193 e. The summed E-state index contributed by atoms with van der Waals surface area (Å²) in [6.07, 6.45) is 3.43. The van der Waals surface area contributed by atoms with Crippen molar-refractivity contribution < 1.29 is 4.74 Å². The van der Waals surface area contributed by atoms with Crippen molar-refractivity contribution in [1.29, 1.82) is 0 Å². The Labute approximate surface area is 136 Å². The number of ether oxygens (including phenoxy) is 1. The fourth-order valence-corrected chi connectivity index (χ4v) is 4.45. The third kappa shape index (κ3) is 3.27. The highest BCUT2D eigenvalue weighted by atomic mass is 32.1. The standard InChI is InChI=1S/C16H26N4OS/c1-12-14(22-13(2)19-12)4-7-18-15(17-3)20-8-5-16(10-20)6-9-21-11-16/h4-11H2,1-3H3,(H,17,18). The Morgan fingerprint density at radius 3 is 2.95 bits per heavy atom. The minimum Gasteiger partial charge on any atom is -0.381 e. The fraction of sp³-hybridized carbons (Fsp3) is 0.750. The van der Waals surface area contributed by atoms with Gasteiger partial charge in [0.2, 0.25) is 0 Å². The van der Waals surface area contributed by atoms with E-state index in [1.54, 1.807) is 11.3 Å². The molecule has 1 spiro atoms. The number of likely N-dealkylation sites (tertiary alicyclic amines) is 1. The second kappa shape index (κ2) is 6.54. The SMILES string of the molecule is CN=C(NCCc1sc(C)nc1C)N1CCC2(CCOC2)C1. The summed E-state index contributed by atoms with van der Waals surface area (Å²) >= 11 is 1.80. The Kier molecular flexibility index (Phi) is 4.68. The average molecular weight is 322 g/mol. The predicted octanol–water partition coefficient (Wildman–Crippen LogP) is 1.99. The molecule has 22 heavy (non-hydrogen) atoms. The third-order valence-corrected chi connectivity index (χ3v) is 5.90. The molecule has 0 bridgehead atoms. The van der Waals surface area contributed by atoms with Gasteiger partial charge in [-0.15, -0.1) is 11.3 Å². The van der Waals surface area contributed by atoms with Gasteiger partial charge in [0.1, 0.15) is 0 Å². The van der Waals surface area contributed by atoms with Crippen LogP contribution < -0.4 is 5.32 Å². The molecule has 2 saturated heterocycles. The normalized spacial score (nSPS) is 25.4. The molecule has 0 amide bonds. The number of aromatic nitrogens is 1. The fourth-order valence-electron chi connectivity index (χ4n) is 3.51. The summed E-state index contributed by atoms with van der Waals surface area (Å²) in [7, 11) is 1.88. The molecule has 2 fully saturated rings. The van der Waals surface area contributed by atoms with Crippen LogP contribution in [0.5, 0.6) is 0 Å². The first-order valence-electron chi connectivity index (χ1n) is 8.08. The van der Waals surface area contributed by atoms with Crippen LogP contribution in [0, 0.1) is 19.3 Å². The van der Waals surface area contributed by atoms with Crippen molar-refractivity contribution in [2.24, 2.45) is 10.4 Å². The van der Waals surface area contributed by atoms with Gasteiger partial charge in [-0.05, 0) is 26.7 Å². The summed E-state index contributed by atoms with van der Waals surface area (Å²) in [5.74, 6) is 1.03. The molecule has 1 unspecified atom stereocenters. The van der Waals surface area contributed by atoms with Crippen molar-refractivity contribution in [3.05, 3.63) is 15.6 Å². The number of aliphatic imine (C=N–C) groups is 1. The van der Waals surface area contributed by atoms with Crippen LogP contribution in [0.3, 0.4) is 0 Å². The number of guanidine groups is 1. The summed E-state index contributed by atoms with van der Waals surface area (Å²) in [6, 6.07) is 0. The van der Waals surface area contributed by atoms with Crippen molar-refractivity contribution >= 4 is 17.3 Å². The molecule has 3 rings (SSSR count). The highest BCUT2D eigenvalue weighted by Gasteiger charge is 2.42. The number of nitrogens with zero attached hydrogens (tertiary/aromatic N) is 3. The largest absolute Gasteiger partial charge is 0.381 e. The van der Waals surface area contributed by atoms with Gasteiger partial charge >= 0.3 is 0 Å². The third-order valence-electron chi connectivity index (χ3n) is 4.77. The maximum absolute atomic E-state index is 5.61. The van der Waals surface area contributed by atoms with Gasteiger partial charge in [-0.2, -0.15) is 0 Å². The van der Waals surface area contributed by atoms with Gasteiger partial charge in [0.05, 0.1) is 17.3 Å². The van der Waals surface area contributed by atoms with Crippen molar-refractivity contribution in [3.8, 4) is 0 Å². The lowest BCUT2D eigenvalue weighted by molar-refractivity contribution is 0.156. The quantitative estimate of drug-likeness (QED) is 0.683. The van der Waals surface area contributed by atoms with E-state index >= 15 is 0 Å². The molecule has 0 saturated carbocycles. The zero-order chi connectivity index (χ0) is 15.6. The zero-order valence-corrected chi connectivity index (χ0v) is 14.6. The molecule has 1 atom stereocenters. The van der Waals surface area contributed by atoms with Crippen molar-refractivity contribution in [1.82, 2.24) is 15.2 Å². The summed E-state index contributed by atoms with van der Waals surface area (Å²) in [5.41, 5.74) is 1.55. The Hall–Kier alpha value is -1.14. The van der Waals surface area contributed by atoms with Crippen molar-refractivity contribution in [3.63, 3.8) is 0 Å². The van der Waals surface area contributed by atoms with E-state index in [1.165, 1.54) is 23.4 Å². The summed E-state index contributed by atoms with van der Waals surface area (Å²) in [4.78, 5) is 12.7. The van der Waals surface area contributed by atoms with Gasteiger partial charge in [0, 0.05) is 50.0 Å². The number of rotatable bonds is 3. The molecule has 2 aliphatic rings. The predicted molar refractivity (Wildman–Crippen MR) is 90.7 cm³/mol. The van der Waals surface area contributed by atoms with Crippen LogP contribution in [0.15, 0.2) is 4.99 Å². The van der Waals surface area contributed by atoms with Crippen LogP contribution >= 0.6 is 11.3 Å². The number of hydrogen-bond donors (Lipinski definition) is 1. The second-order valence-electron chi connectivity index (χ2n) is 6.44. The molecule has 0 aromatic carbocycles. The van der Waals surface area contributed by atoms with Crippen LogP contribution in [0.1, 0.15) is 28.4 Å². The lowest BCUT2D eigenvalue weighted by Gasteiger charge is -2.24. The Morgan fingerprint density at radius 1 is 1.45 bits per heavy atom. The van der Waals surface area contributed by atoms with Crippen LogP contribution in [0.25, 0.3) is 0 Å². The summed E-state index contributed by atoms with van der Waals surface area (Å²) in [6.45, 7) is 9.07. The van der Waals surface area contributed by atoms with Crippen molar-refractivity contribution in [2.45, 2.75) is 33.1 Å². The van der Waals surface area contributed by atoms with Gasteiger partial charge in [-0.25, -0.2) is 4.98 Å². The van der Waals surface area contributed by atoms with E-state index in [0.29, 0.717) is 5.41 Å². The first kappa shape index (κ1) is 15.7. The first-order chi connectivity index (χ1) is 10.6. The first-order valence-corrected chi connectivity index (χ1v) is 8.90. The second-order valence-corrected chi connectivity index (χ2v) is 7.73. The molecule has 1 aromatic heterocycles. The number of nitrogens with one attached hydrogen (secondary N) is 1. The Morgan fingerprint density at radius 2 is 2.32 bits per heavy atom. The van der Waals surface area contributed by atoms with Gasteiger partial charge in [-0.1, -0.05) is 0 Å². The number of aryl methyl sites for hydroxylation is 2. The van der Waals surface area contributed by atoms with E-state index in [9.17, 15) is 0 Å². The summed E-state index contributed by atoms with van der Waals surface area (Å²) < 4.78 is 5.61. The Bertz CT molecular complexity index is 548. The maximum atomic E-state index is 5.61. The molecule has 0 aliphatic carbocycles. The molecular formula is C16H26N4OS. The number of thiazole rings is 1. The Balaban J connectivity index is 1.51. The maximum Gasteiger partial charge on any atom is 0.193 e. The van der Waals surface area contributed by atoms with Gasteiger partial charge in [-0.3, -0.25) is 4.99 Å². The van der Waals surface area contributed by atoms with E-state index in [1.807, 2.05) is 7.05 Å². The van der Waals surface area contributed by atoms with E-state index in [-0.39, 0.29) is 0 Å². The molecule has 1 aromatic rings. The monoisotopic (exact) mass is 322 g/mol. The summed E-state index contributed by atoms with van der Waals surface area (Å²) in [5, 5.41) is 4.67. The van der Waals surface area contributed by atoms with Crippen LogP contribution in [0.4, 0.5) is 0 Å². The molecule has 122 valence electrons. The van der Waals surface area contributed by atoms with Gasteiger partial charge in [0.15, 0.2) is 5.96 Å². The molecule has 2 aliphatic heterocycles. The van der Waals surface area contributed by atoms with Crippen LogP contribution in [-0.2, 0) is 11.2 Å². The molecule has 3 heterocycles. The molecule has 0 radical (unpaired) electrons. The highest BCUT2D eigenvalue weighted by Crippen LogP contribution is 2.38. The van der Waals surface area contributed by atoms with Crippen molar-refractivity contribution in [2.75, 3.05) is 39.9 Å². The lowest BCUT2D eigenvalue weighted by Crippen LogP contribution is -2.42. The zero-order valence-electron chi connectivity index (χ0n) is 13.8. The van der Waals surface area contributed by atoms with Crippen LogP contribution in [-0.4, -0.2) is 55.7 Å². The topological polar surface area (TPSA) is 49.8 Å². The molecular weight excluding hydrogens is 296 g/mol. The average Bonchev–Trinajstić information content (AvgIpc) is 3.19. The molecule has 5 nitrogen and oxygen atoms in total. The molecule has 6 heteroatoms. The van der Waals surface area contributed by atoms with E-state index in [4.69, 9.17) is 4.74 Å². The van der Waals surface area contributed by atoms with Crippen LogP contribution in [0.2, 0.25) is 0 Å². The van der Waals surface area contributed by atoms with Gasteiger partial charge < -0.3 is 15.0 Å². The van der Waals surface area contributed by atoms with E-state index in [0.717, 1.165) is 50.2 Å².